The van der Waals surface area contributed by atoms with E-state index in [1.54, 1.807) is 11.3 Å². The minimum Gasteiger partial charge on any atom is -0.396 e. The molecule has 1 heterocycles. The van der Waals surface area contributed by atoms with Crippen molar-refractivity contribution in [1.29, 1.82) is 0 Å². The molecule has 1 atom stereocenters. The Morgan fingerprint density at radius 1 is 1.19 bits per heavy atom. The number of carbonyl (C=O) groups is 1. The van der Waals surface area contributed by atoms with Crippen molar-refractivity contribution in [3.05, 3.63) is 58.3 Å². The third-order valence-electron chi connectivity index (χ3n) is 3.37. The van der Waals surface area contributed by atoms with Crippen molar-refractivity contribution in [2.45, 2.75) is 31.7 Å². The number of amides is 1. The number of hydrogen-bond donors (Lipinski definition) is 2. The van der Waals surface area contributed by atoms with E-state index in [-0.39, 0.29) is 18.6 Å². The third-order valence-corrected chi connectivity index (χ3v) is 4.30. The van der Waals surface area contributed by atoms with Gasteiger partial charge >= 0.3 is 0 Å². The molecule has 21 heavy (non-hydrogen) atoms. The SMILES string of the molecule is O=C(CCc1cccs1)NC(CCCO)c1ccccc1. The number of hydrogen-bond acceptors (Lipinski definition) is 3. The second kappa shape index (κ2) is 8.60. The summed E-state index contributed by atoms with van der Waals surface area (Å²) in [7, 11) is 0. The monoisotopic (exact) mass is 303 g/mol. The van der Waals surface area contributed by atoms with E-state index in [2.05, 4.69) is 11.4 Å². The molecule has 0 aliphatic rings. The van der Waals surface area contributed by atoms with E-state index < -0.39 is 0 Å². The Morgan fingerprint density at radius 2 is 2.00 bits per heavy atom. The second-order valence-corrected chi connectivity index (χ2v) is 6.01. The zero-order chi connectivity index (χ0) is 14.9. The van der Waals surface area contributed by atoms with E-state index in [4.69, 9.17) is 5.11 Å². The Balaban J connectivity index is 1.89. The lowest BCUT2D eigenvalue weighted by molar-refractivity contribution is -0.121. The number of thiophene rings is 1. The van der Waals surface area contributed by atoms with Crippen LogP contribution in [0.25, 0.3) is 0 Å². The van der Waals surface area contributed by atoms with E-state index in [0.717, 1.165) is 18.4 Å². The summed E-state index contributed by atoms with van der Waals surface area (Å²) in [5.74, 6) is 0.0650. The van der Waals surface area contributed by atoms with Crippen LogP contribution in [0.5, 0.6) is 0 Å². The van der Waals surface area contributed by atoms with Crippen LogP contribution in [0.4, 0.5) is 0 Å². The molecule has 0 saturated heterocycles. The van der Waals surface area contributed by atoms with Crippen LogP contribution < -0.4 is 5.32 Å². The van der Waals surface area contributed by atoms with Crippen molar-refractivity contribution in [2.75, 3.05) is 6.61 Å². The molecule has 0 fully saturated rings. The molecule has 3 nitrogen and oxygen atoms in total. The first-order valence-electron chi connectivity index (χ1n) is 7.27. The van der Waals surface area contributed by atoms with E-state index >= 15 is 0 Å². The van der Waals surface area contributed by atoms with Crippen LogP contribution in [0, 0.1) is 0 Å². The number of benzene rings is 1. The van der Waals surface area contributed by atoms with Crippen molar-refractivity contribution in [3.63, 3.8) is 0 Å². The lowest BCUT2D eigenvalue weighted by Gasteiger charge is -2.19. The average Bonchev–Trinajstić information content (AvgIpc) is 3.03. The number of aliphatic hydroxyl groups is 1. The Morgan fingerprint density at radius 3 is 2.67 bits per heavy atom. The highest BCUT2D eigenvalue weighted by atomic mass is 32.1. The molecule has 0 aliphatic heterocycles. The fraction of sp³-hybridized carbons (Fsp3) is 0.353. The lowest BCUT2D eigenvalue weighted by atomic mass is 10.0. The highest BCUT2D eigenvalue weighted by molar-refractivity contribution is 7.09. The van der Waals surface area contributed by atoms with Gasteiger partial charge in [0.1, 0.15) is 0 Å². The van der Waals surface area contributed by atoms with Crippen LogP contribution in [-0.2, 0) is 11.2 Å². The smallest absolute Gasteiger partial charge is 0.220 e. The topological polar surface area (TPSA) is 49.3 Å². The average molecular weight is 303 g/mol. The summed E-state index contributed by atoms with van der Waals surface area (Å²) in [6.45, 7) is 0.147. The van der Waals surface area contributed by atoms with Crippen LogP contribution in [-0.4, -0.2) is 17.6 Å². The molecule has 0 bridgehead atoms. The Bertz CT molecular complexity index is 525. The van der Waals surface area contributed by atoms with Gasteiger partial charge in [-0.1, -0.05) is 36.4 Å². The molecule has 4 heteroatoms. The minimum atomic E-state index is -0.0193. The molecular formula is C17H21NO2S. The zero-order valence-electron chi connectivity index (χ0n) is 12.0. The number of aliphatic hydroxyl groups excluding tert-OH is 1. The van der Waals surface area contributed by atoms with Crippen LogP contribution >= 0.6 is 11.3 Å². The maximum atomic E-state index is 12.1. The summed E-state index contributed by atoms with van der Waals surface area (Å²) in [5, 5.41) is 14.1. The number of aryl methyl sites for hydroxylation is 1. The first-order chi connectivity index (χ1) is 10.3. The maximum Gasteiger partial charge on any atom is 0.220 e. The third kappa shape index (κ3) is 5.33. The van der Waals surface area contributed by atoms with Crippen LogP contribution in [0.15, 0.2) is 47.8 Å². The van der Waals surface area contributed by atoms with Gasteiger partial charge in [-0.25, -0.2) is 0 Å². The molecule has 0 saturated carbocycles. The van der Waals surface area contributed by atoms with Gasteiger partial charge in [0, 0.05) is 17.9 Å². The molecule has 0 aliphatic carbocycles. The van der Waals surface area contributed by atoms with Gasteiger partial charge in [0.25, 0.3) is 0 Å². The highest BCUT2D eigenvalue weighted by Gasteiger charge is 2.14. The van der Waals surface area contributed by atoms with Gasteiger partial charge in [-0.3, -0.25) is 4.79 Å². The molecular weight excluding hydrogens is 282 g/mol. The Kier molecular flexibility index (Phi) is 6.44. The lowest BCUT2D eigenvalue weighted by Crippen LogP contribution is -2.28. The Labute approximate surface area is 129 Å². The summed E-state index contributed by atoms with van der Waals surface area (Å²) >= 11 is 1.68. The molecule has 0 spiro atoms. The molecule has 1 aromatic carbocycles. The fourth-order valence-electron chi connectivity index (χ4n) is 2.26. The molecule has 1 aromatic heterocycles. The van der Waals surface area contributed by atoms with Crippen molar-refractivity contribution in [3.8, 4) is 0 Å². The summed E-state index contributed by atoms with van der Waals surface area (Å²) in [6.07, 6.45) is 2.73. The van der Waals surface area contributed by atoms with Gasteiger partial charge in [-0.2, -0.15) is 0 Å². The highest BCUT2D eigenvalue weighted by Crippen LogP contribution is 2.19. The number of carbonyl (C=O) groups excluding carboxylic acids is 1. The van der Waals surface area contributed by atoms with Crippen LogP contribution in [0.2, 0.25) is 0 Å². The fourth-order valence-corrected chi connectivity index (χ4v) is 2.97. The molecule has 112 valence electrons. The van der Waals surface area contributed by atoms with Crippen LogP contribution in [0.3, 0.4) is 0 Å². The van der Waals surface area contributed by atoms with Gasteiger partial charge in [0.05, 0.1) is 6.04 Å². The van der Waals surface area contributed by atoms with E-state index in [1.807, 2.05) is 41.8 Å². The van der Waals surface area contributed by atoms with Gasteiger partial charge in [0.15, 0.2) is 0 Å². The predicted octanol–water partition coefficient (Wildman–Crippen LogP) is 3.31. The minimum absolute atomic E-state index is 0.0193. The van der Waals surface area contributed by atoms with Crippen molar-refractivity contribution >= 4 is 17.2 Å². The predicted molar refractivity (Wildman–Crippen MR) is 86.3 cm³/mol. The molecule has 1 amide bonds. The van der Waals surface area contributed by atoms with E-state index in [1.165, 1.54) is 4.88 Å². The number of nitrogens with one attached hydrogen (secondary N) is 1. The summed E-state index contributed by atoms with van der Waals surface area (Å²) in [4.78, 5) is 13.3. The maximum absolute atomic E-state index is 12.1. The van der Waals surface area contributed by atoms with Gasteiger partial charge in [-0.05, 0) is 36.3 Å². The first-order valence-corrected chi connectivity index (χ1v) is 8.15. The standard InChI is InChI=1S/C17H21NO2S/c19-12-4-9-16(14-6-2-1-3-7-14)18-17(20)11-10-15-8-5-13-21-15/h1-3,5-8,13,16,19H,4,9-12H2,(H,18,20). The molecule has 0 radical (unpaired) electrons. The second-order valence-electron chi connectivity index (χ2n) is 4.98. The number of rotatable bonds is 8. The normalized spacial score (nSPS) is 12.0. The van der Waals surface area contributed by atoms with E-state index in [0.29, 0.717) is 12.8 Å². The summed E-state index contributed by atoms with van der Waals surface area (Å²) in [6, 6.07) is 14.0. The van der Waals surface area contributed by atoms with Gasteiger partial charge < -0.3 is 10.4 Å². The molecule has 2 N–H and O–H groups in total. The summed E-state index contributed by atoms with van der Waals surface area (Å²) < 4.78 is 0. The Hall–Kier alpha value is -1.65. The summed E-state index contributed by atoms with van der Waals surface area (Å²) in [5.41, 5.74) is 1.09. The van der Waals surface area contributed by atoms with Crippen LogP contribution in [0.1, 0.15) is 35.7 Å². The molecule has 2 rings (SSSR count). The van der Waals surface area contributed by atoms with E-state index in [9.17, 15) is 4.79 Å². The van der Waals surface area contributed by atoms with Gasteiger partial charge in [0.2, 0.25) is 5.91 Å². The van der Waals surface area contributed by atoms with Crippen molar-refractivity contribution in [1.82, 2.24) is 5.32 Å². The molecule has 1 unspecified atom stereocenters. The largest absolute Gasteiger partial charge is 0.396 e. The van der Waals surface area contributed by atoms with Crippen molar-refractivity contribution in [2.24, 2.45) is 0 Å². The first kappa shape index (κ1) is 15.7. The quantitative estimate of drug-likeness (QED) is 0.786. The van der Waals surface area contributed by atoms with Gasteiger partial charge in [-0.15, -0.1) is 11.3 Å². The molecule has 2 aromatic rings. The van der Waals surface area contributed by atoms with Crippen molar-refractivity contribution < 1.29 is 9.90 Å². The zero-order valence-corrected chi connectivity index (χ0v) is 12.8.